The number of nitrogens with zero attached hydrogens (tertiary/aromatic N) is 1. The molecule has 0 fully saturated rings. The van der Waals surface area contributed by atoms with Gasteiger partial charge in [-0.25, -0.2) is 0 Å². The van der Waals surface area contributed by atoms with Crippen LogP contribution < -0.4 is 10.6 Å². The van der Waals surface area contributed by atoms with E-state index in [0.717, 1.165) is 15.4 Å². The fraction of sp³-hybridized carbons (Fsp3) is 0.217. The summed E-state index contributed by atoms with van der Waals surface area (Å²) in [4.78, 5) is 41.6. The van der Waals surface area contributed by atoms with Crippen LogP contribution in [0.5, 0.6) is 0 Å². The van der Waals surface area contributed by atoms with Gasteiger partial charge in [-0.1, -0.05) is 41.9 Å². The Bertz CT molecular complexity index is 1110. The molecule has 7 nitrogen and oxygen atoms in total. The van der Waals surface area contributed by atoms with Crippen molar-refractivity contribution in [2.45, 2.75) is 20.0 Å². The zero-order valence-electron chi connectivity index (χ0n) is 17.1. The van der Waals surface area contributed by atoms with E-state index in [9.17, 15) is 14.4 Å². The van der Waals surface area contributed by atoms with Crippen LogP contribution in [-0.4, -0.2) is 35.4 Å². The molecule has 1 unspecified atom stereocenters. The Kier molecular flexibility index (Phi) is 7.36. The summed E-state index contributed by atoms with van der Waals surface area (Å²) in [7, 11) is 0. The van der Waals surface area contributed by atoms with Gasteiger partial charge in [0.1, 0.15) is 6.54 Å². The van der Waals surface area contributed by atoms with Crippen LogP contribution in [0.15, 0.2) is 65.3 Å². The lowest BCUT2D eigenvalue weighted by molar-refractivity contribution is -0.155. The molecule has 2 amide bonds. The average Bonchev–Trinajstić information content (AvgIpc) is 2.75. The molecule has 0 bridgehead atoms. The number of benzene rings is 2. The number of hydrogen-bond donors (Lipinski definition) is 2. The first-order chi connectivity index (χ1) is 14.8. The Morgan fingerprint density at radius 1 is 1.06 bits per heavy atom. The number of rotatable bonds is 7. The van der Waals surface area contributed by atoms with Crippen molar-refractivity contribution in [3.05, 3.63) is 70.8 Å². The van der Waals surface area contributed by atoms with Crippen molar-refractivity contribution in [3.63, 3.8) is 0 Å². The van der Waals surface area contributed by atoms with E-state index in [1.165, 1.54) is 0 Å². The molecule has 2 N–H and O–H groups in total. The van der Waals surface area contributed by atoms with Crippen LogP contribution in [0.2, 0.25) is 0 Å². The molecule has 31 heavy (non-hydrogen) atoms. The number of fused-ring (bicyclic) bond motifs is 1. The SMILES string of the molecule is CC(C)C(OC(=O)CNC(=O)c1cccc(Br)c1)C(=O)Nc1cccc2ncccc12. The highest BCUT2D eigenvalue weighted by Gasteiger charge is 2.27. The minimum absolute atomic E-state index is 0.266. The van der Waals surface area contributed by atoms with Gasteiger partial charge in [-0.3, -0.25) is 19.4 Å². The topological polar surface area (TPSA) is 97.4 Å². The number of pyridine rings is 1. The van der Waals surface area contributed by atoms with Crippen LogP contribution in [0, 0.1) is 5.92 Å². The van der Waals surface area contributed by atoms with Gasteiger partial charge in [0.05, 0.1) is 11.2 Å². The number of esters is 1. The maximum absolute atomic E-state index is 12.8. The minimum Gasteiger partial charge on any atom is -0.451 e. The number of ether oxygens (including phenoxy) is 1. The Labute approximate surface area is 188 Å². The summed E-state index contributed by atoms with van der Waals surface area (Å²) in [5.41, 5.74) is 1.74. The van der Waals surface area contributed by atoms with E-state index in [4.69, 9.17) is 4.74 Å². The lowest BCUT2D eigenvalue weighted by atomic mass is 10.1. The quantitative estimate of drug-likeness (QED) is 0.496. The summed E-state index contributed by atoms with van der Waals surface area (Å²) in [5.74, 6) is -1.82. The summed E-state index contributed by atoms with van der Waals surface area (Å²) in [6, 6.07) is 15.8. The number of anilines is 1. The van der Waals surface area contributed by atoms with E-state index in [0.29, 0.717) is 11.3 Å². The Hall–Kier alpha value is -3.26. The van der Waals surface area contributed by atoms with Gasteiger partial charge < -0.3 is 15.4 Å². The van der Waals surface area contributed by atoms with Crippen LogP contribution in [0.25, 0.3) is 10.9 Å². The van der Waals surface area contributed by atoms with Gasteiger partial charge in [-0.15, -0.1) is 0 Å². The number of aromatic nitrogens is 1. The van der Waals surface area contributed by atoms with Crippen LogP contribution in [0.3, 0.4) is 0 Å². The van der Waals surface area contributed by atoms with Gasteiger partial charge in [0.2, 0.25) is 0 Å². The molecule has 0 saturated carbocycles. The van der Waals surface area contributed by atoms with Crippen molar-refractivity contribution in [3.8, 4) is 0 Å². The van der Waals surface area contributed by atoms with Crippen LogP contribution in [0.1, 0.15) is 24.2 Å². The van der Waals surface area contributed by atoms with Crippen molar-refractivity contribution in [2.75, 3.05) is 11.9 Å². The minimum atomic E-state index is -1.01. The molecular weight excluding hydrogens is 462 g/mol. The van der Waals surface area contributed by atoms with Gasteiger partial charge in [-0.2, -0.15) is 0 Å². The van der Waals surface area contributed by atoms with Crippen LogP contribution in [-0.2, 0) is 14.3 Å². The molecule has 1 atom stereocenters. The molecule has 1 heterocycles. The highest BCUT2D eigenvalue weighted by Crippen LogP contribution is 2.22. The second-order valence-electron chi connectivity index (χ2n) is 7.21. The molecule has 0 aliphatic carbocycles. The standard InChI is InChI=1S/C23H22BrN3O4/c1-14(2)21(23(30)27-19-10-4-9-18-17(19)8-5-11-25-18)31-20(28)13-26-22(29)15-6-3-7-16(24)12-15/h3-12,14,21H,13H2,1-2H3,(H,26,29)(H,27,30). The normalized spacial score (nSPS) is 11.7. The van der Waals surface area contributed by atoms with E-state index in [1.807, 2.05) is 12.1 Å². The van der Waals surface area contributed by atoms with E-state index in [-0.39, 0.29) is 12.5 Å². The summed E-state index contributed by atoms with van der Waals surface area (Å²) >= 11 is 3.30. The molecule has 0 saturated heterocycles. The predicted molar refractivity (Wildman–Crippen MR) is 122 cm³/mol. The molecule has 160 valence electrons. The van der Waals surface area contributed by atoms with Gasteiger partial charge in [0, 0.05) is 21.6 Å². The molecule has 2 aromatic carbocycles. The molecule has 1 aromatic heterocycles. The third-order valence-corrected chi connectivity index (χ3v) is 5.00. The summed E-state index contributed by atoms with van der Waals surface area (Å²) < 4.78 is 6.13. The van der Waals surface area contributed by atoms with Crippen molar-refractivity contribution >= 4 is 50.3 Å². The Morgan fingerprint density at radius 3 is 2.58 bits per heavy atom. The largest absolute Gasteiger partial charge is 0.451 e. The molecule has 8 heteroatoms. The summed E-state index contributed by atoms with van der Waals surface area (Å²) in [6.07, 6.45) is 0.664. The number of nitrogens with one attached hydrogen (secondary N) is 2. The van der Waals surface area contributed by atoms with Gasteiger partial charge in [0.15, 0.2) is 6.10 Å². The molecule has 0 aliphatic rings. The first-order valence-electron chi connectivity index (χ1n) is 9.73. The van der Waals surface area contributed by atoms with Crippen molar-refractivity contribution in [1.29, 1.82) is 0 Å². The van der Waals surface area contributed by atoms with Crippen molar-refractivity contribution < 1.29 is 19.1 Å². The fourth-order valence-corrected chi connectivity index (χ4v) is 3.38. The number of hydrogen-bond acceptors (Lipinski definition) is 5. The molecule has 0 radical (unpaired) electrons. The maximum atomic E-state index is 12.8. The second kappa shape index (κ2) is 10.2. The molecule has 0 aliphatic heterocycles. The fourth-order valence-electron chi connectivity index (χ4n) is 2.98. The first kappa shape index (κ1) is 22.4. The van der Waals surface area contributed by atoms with Crippen molar-refractivity contribution in [2.24, 2.45) is 5.92 Å². The molecular formula is C23H22BrN3O4. The van der Waals surface area contributed by atoms with Crippen LogP contribution in [0.4, 0.5) is 5.69 Å². The summed E-state index contributed by atoms with van der Waals surface area (Å²) in [6.45, 7) is 3.21. The van der Waals surface area contributed by atoms with E-state index in [2.05, 4.69) is 31.5 Å². The number of carbonyl (C=O) groups excluding carboxylic acids is 3. The lowest BCUT2D eigenvalue weighted by Crippen LogP contribution is -2.40. The van der Waals surface area contributed by atoms with E-state index < -0.39 is 23.9 Å². The smallest absolute Gasteiger partial charge is 0.326 e. The van der Waals surface area contributed by atoms with E-state index in [1.54, 1.807) is 62.5 Å². The zero-order chi connectivity index (χ0) is 22.4. The lowest BCUT2D eigenvalue weighted by Gasteiger charge is -2.21. The molecule has 3 aromatic rings. The number of halogens is 1. The Morgan fingerprint density at radius 2 is 1.84 bits per heavy atom. The van der Waals surface area contributed by atoms with Crippen LogP contribution >= 0.6 is 15.9 Å². The zero-order valence-corrected chi connectivity index (χ0v) is 18.7. The maximum Gasteiger partial charge on any atom is 0.326 e. The third-order valence-electron chi connectivity index (χ3n) is 4.51. The molecule has 0 spiro atoms. The second-order valence-corrected chi connectivity index (χ2v) is 8.13. The highest BCUT2D eigenvalue weighted by molar-refractivity contribution is 9.10. The van der Waals surface area contributed by atoms with E-state index >= 15 is 0 Å². The predicted octanol–water partition coefficient (Wildman–Crippen LogP) is 3.93. The number of carbonyl (C=O) groups is 3. The average molecular weight is 484 g/mol. The van der Waals surface area contributed by atoms with Gasteiger partial charge >= 0.3 is 5.97 Å². The van der Waals surface area contributed by atoms with Crippen molar-refractivity contribution in [1.82, 2.24) is 10.3 Å². The molecule has 3 rings (SSSR count). The summed E-state index contributed by atoms with van der Waals surface area (Å²) in [5, 5.41) is 6.11. The Balaban J connectivity index is 1.62. The van der Waals surface area contributed by atoms with Gasteiger partial charge in [0.25, 0.3) is 11.8 Å². The number of amides is 2. The monoisotopic (exact) mass is 483 g/mol. The first-order valence-corrected chi connectivity index (χ1v) is 10.5. The van der Waals surface area contributed by atoms with Gasteiger partial charge in [-0.05, 0) is 48.4 Å². The third kappa shape index (κ3) is 5.88. The highest BCUT2D eigenvalue weighted by atomic mass is 79.9.